The van der Waals surface area contributed by atoms with Crippen LogP contribution >= 0.6 is 0 Å². The standard InChI is InChI=1S/C29H52N8O2S/c1-6-18-36(19-7-2)22-10-16-30-28-32-27(24-25-12-14-26(15-13-25)35(5)40(38)39)33-29(34-28)31-17-11-23-37(20-8-3)21-9-4/h12-15H,6-11,16-24H2,1-5H3,(H,38,39)(H2,30,31,32,33,34). The lowest BCUT2D eigenvalue weighted by atomic mass is 10.1. The summed E-state index contributed by atoms with van der Waals surface area (Å²) in [5.41, 5.74) is 1.69. The van der Waals surface area contributed by atoms with Crippen molar-refractivity contribution in [2.45, 2.75) is 72.6 Å². The molecule has 0 saturated heterocycles. The van der Waals surface area contributed by atoms with Crippen molar-refractivity contribution in [2.24, 2.45) is 0 Å². The fraction of sp³-hybridized carbons (Fsp3) is 0.690. The zero-order valence-electron chi connectivity index (χ0n) is 25.4. The van der Waals surface area contributed by atoms with Crippen molar-refractivity contribution in [1.29, 1.82) is 0 Å². The second kappa shape index (κ2) is 19.7. The second-order valence-corrected chi connectivity index (χ2v) is 11.2. The topological polar surface area (TPSA) is 110 Å². The lowest BCUT2D eigenvalue weighted by Crippen LogP contribution is -2.28. The predicted molar refractivity (Wildman–Crippen MR) is 169 cm³/mol. The third kappa shape index (κ3) is 12.9. The number of hydrogen-bond acceptors (Lipinski definition) is 8. The summed E-state index contributed by atoms with van der Waals surface area (Å²) in [6.07, 6.45) is 7.27. The zero-order chi connectivity index (χ0) is 29.2. The van der Waals surface area contributed by atoms with Crippen LogP contribution in [-0.2, 0) is 17.7 Å². The number of hydrogen-bond donors (Lipinski definition) is 3. The van der Waals surface area contributed by atoms with E-state index >= 15 is 0 Å². The van der Waals surface area contributed by atoms with Gasteiger partial charge in [-0.2, -0.15) is 15.0 Å². The maximum atomic E-state index is 11.4. The molecule has 11 heteroatoms. The Morgan fingerprint density at radius 3 is 1.57 bits per heavy atom. The van der Waals surface area contributed by atoms with Crippen LogP contribution in [0.2, 0.25) is 0 Å². The Kier molecular flexibility index (Phi) is 16.7. The summed E-state index contributed by atoms with van der Waals surface area (Å²) in [7, 11) is 1.58. The molecule has 0 bridgehead atoms. The Balaban J connectivity index is 2.06. The van der Waals surface area contributed by atoms with Gasteiger partial charge in [0.25, 0.3) is 11.3 Å². The molecule has 40 heavy (non-hydrogen) atoms. The van der Waals surface area contributed by atoms with Crippen LogP contribution in [0.3, 0.4) is 0 Å². The van der Waals surface area contributed by atoms with Crippen LogP contribution < -0.4 is 14.9 Å². The number of anilines is 3. The molecule has 2 rings (SSSR count). The molecule has 0 spiro atoms. The summed E-state index contributed by atoms with van der Waals surface area (Å²) in [6, 6.07) is 7.54. The first kappa shape index (κ1) is 33.9. The first-order valence-electron chi connectivity index (χ1n) is 15.0. The van der Waals surface area contributed by atoms with Gasteiger partial charge in [0, 0.05) is 26.6 Å². The maximum absolute atomic E-state index is 11.4. The lowest BCUT2D eigenvalue weighted by Gasteiger charge is -2.21. The molecular weight excluding hydrogens is 524 g/mol. The van der Waals surface area contributed by atoms with Crippen LogP contribution in [0, 0.1) is 0 Å². The van der Waals surface area contributed by atoms with Crippen molar-refractivity contribution in [3.8, 4) is 0 Å². The van der Waals surface area contributed by atoms with Gasteiger partial charge in [0.1, 0.15) is 5.82 Å². The molecule has 0 aliphatic carbocycles. The maximum Gasteiger partial charge on any atom is 0.261 e. The highest BCUT2D eigenvalue weighted by molar-refractivity contribution is 7.80. The summed E-state index contributed by atoms with van der Waals surface area (Å²) in [6.45, 7) is 17.2. The molecule has 0 aliphatic rings. The van der Waals surface area contributed by atoms with Gasteiger partial charge in [0.15, 0.2) is 0 Å². The van der Waals surface area contributed by atoms with Crippen LogP contribution in [0.4, 0.5) is 17.6 Å². The van der Waals surface area contributed by atoms with Gasteiger partial charge in [0.05, 0.1) is 5.69 Å². The number of nitrogens with one attached hydrogen (secondary N) is 2. The Morgan fingerprint density at radius 1 is 0.725 bits per heavy atom. The summed E-state index contributed by atoms with van der Waals surface area (Å²) in [5.74, 6) is 1.87. The van der Waals surface area contributed by atoms with Gasteiger partial charge >= 0.3 is 0 Å². The number of nitrogens with zero attached hydrogens (tertiary/aromatic N) is 6. The average Bonchev–Trinajstić information content (AvgIpc) is 2.94. The molecule has 3 N–H and O–H groups in total. The quantitative estimate of drug-likeness (QED) is 0.133. The molecular formula is C29H52N8O2S. The molecule has 0 saturated carbocycles. The Labute approximate surface area is 244 Å². The zero-order valence-corrected chi connectivity index (χ0v) is 26.2. The van der Waals surface area contributed by atoms with E-state index in [9.17, 15) is 8.76 Å². The van der Waals surface area contributed by atoms with Crippen molar-refractivity contribution >= 4 is 28.9 Å². The van der Waals surface area contributed by atoms with E-state index in [2.05, 4.69) is 53.1 Å². The lowest BCUT2D eigenvalue weighted by molar-refractivity contribution is 0.274. The van der Waals surface area contributed by atoms with Crippen LogP contribution in [-0.4, -0.2) is 92.9 Å². The molecule has 1 heterocycles. The van der Waals surface area contributed by atoms with Crippen LogP contribution in [0.1, 0.15) is 77.6 Å². The Morgan fingerprint density at radius 2 is 1.18 bits per heavy atom. The highest BCUT2D eigenvalue weighted by atomic mass is 32.2. The molecule has 10 nitrogen and oxygen atoms in total. The van der Waals surface area contributed by atoms with Gasteiger partial charge in [-0.25, -0.2) is 4.21 Å². The van der Waals surface area contributed by atoms with Crippen molar-refractivity contribution < 1.29 is 8.76 Å². The molecule has 0 aliphatic heterocycles. The number of aromatic nitrogens is 3. The Bertz CT molecular complexity index is 925. The third-order valence-electron chi connectivity index (χ3n) is 6.61. The van der Waals surface area contributed by atoms with Crippen LogP contribution in [0.15, 0.2) is 24.3 Å². The smallest absolute Gasteiger partial charge is 0.261 e. The fourth-order valence-electron chi connectivity index (χ4n) is 4.69. The normalized spacial score (nSPS) is 12.2. The molecule has 0 amide bonds. The molecule has 0 fully saturated rings. The van der Waals surface area contributed by atoms with Crippen LogP contribution in [0.25, 0.3) is 0 Å². The van der Waals surface area contributed by atoms with E-state index in [-0.39, 0.29) is 0 Å². The predicted octanol–water partition coefficient (Wildman–Crippen LogP) is 4.88. The van der Waals surface area contributed by atoms with Gasteiger partial charge in [0.2, 0.25) is 11.9 Å². The van der Waals surface area contributed by atoms with E-state index in [0.717, 1.165) is 70.8 Å². The van der Waals surface area contributed by atoms with E-state index in [1.165, 1.54) is 30.0 Å². The highest BCUT2D eigenvalue weighted by Gasteiger charge is 2.11. The minimum absolute atomic E-state index is 0.541. The molecule has 226 valence electrons. The molecule has 1 aromatic carbocycles. The van der Waals surface area contributed by atoms with Gasteiger partial charge in [-0.1, -0.05) is 39.8 Å². The minimum Gasteiger partial charge on any atom is -0.354 e. The van der Waals surface area contributed by atoms with Gasteiger partial charge in [-0.15, -0.1) is 0 Å². The minimum atomic E-state index is -2.05. The van der Waals surface area contributed by atoms with Crippen molar-refractivity contribution in [3.05, 3.63) is 35.7 Å². The summed E-state index contributed by atoms with van der Waals surface area (Å²) in [5, 5.41) is 6.85. The van der Waals surface area contributed by atoms with E-state index in [4.69, 9.17) is 9.97 Å². The van der Waals surface area contributed by atoms with Gasteiger partial charge in [-0.05, 0) is 95.5 Å². The number of rotatable bonds is 22. The van der Waals surface area contributed by atoms with E-state index in [1.54, 1.807) is 7.05 Å². The third-order valence-corrected chi connectivity index (χ3v) is 7.29. The van der Waals surface area contributed by atoms with Crippen LogP contribution in [0.5, 0.6) is 0 Å². The monoisotopic (exact) mass is 576 g/mol. The van der Waals surface area contributed by atoms with Crippen molar-refractivity contribution in [3.63, 3.8) is 0 Å². The fourth-order valence-corrected chi connectivity index (χ4v) is 5.00. The Hall–Kier alpha value is -2.34. The largest absolute Gasteiger partial charge is 0.354 e. The molecule has 1 unspecified atom stereocenters. The highest BCUT2D eigenvalue weighted by Crippen LogP contribution is 2.17. The first-order chi connectivity index (χ1) is 19.4. The molecule has 2 aromatic rings. The number of benzene rings is 1. The van der Waals surface area contributed by atoms with Gasteiger partial charge in [-0.3, -0.25) is 8.86 Å². The second-order valence-electron chi connectivity index (χ2n) is 10.2. The SMILES string of the molecule is CCCN(CCC)CCCNc1nc(Cc2ccc(N(C)S(=O)O)cc2)nc(NCCCN(CCC)CCC)n1. The summed E-state index contributed by atoms with van der Waals surface area (Å²) >= 11 is -2.05. The van der Waals surface area contributed by atoms with E-state index in [1.807, 2.05) is 24.3 Å². The van der Waals surface area contributed by atoms with Crippen molar-refractivity contribution in [1.82, 2.24) is 24.8 Å². The first-order valence-corrected chi connectivity index (χ1v) is 16.1. The average molecular weight is 577 g/mol. The summed E-state index contributed by atoms with van der Waals surface area (Å²) < 4.78 is 22.0. The van der Waals surface area contributed by atoms with Crippen molar-refractivity contribution in [2.75, 3.05) is 74.3 Å². The summed E-state index contributed by atoms with van der Waals surface area (Å²) in [4.78, 5) is 19.1. The van der Waals surface area contributed by atoms with Gasteiger partial charge < -0.3 is 20.4 Å². The molecule has 0 radical (unpaired) electrons. The molecule has 1 atom stereocenters. The molecule has 1 aromatic heterocycles. The van der Waals surface area contributed by atoms with E-state index in [0.29, 0.717) is 29.8 Å². The van der Waals surface area contributed by atoms with E-state index < -0.39 is 11.3 Å².